The van der Waals surface area contributed by atoms with Crippen molar-refractivity contribution in [1.82, 2.24) is 15.5 Å². The number of hydrogen-bond donors (Lipinski definition) is 2. The maximum Gasteiger partial charge on any atom is 0.222 e. The van der Waals surface area contributed by atoms with Crippen LogP contribution < -0.4 is 10.6 Å². The fourth-order valence-electron chi connectivity index (χ4n) is 3.12. The first-order valence-electron chi connectivity index (χ1n) is 8.59. The van der Waals surface area contributed by atoms with Crippen LogP contribution in [0.1, 0.15) is 45.4 Å². The van der Waals surface area contributed by atoms with Crippen molar-refractivity contribution in [3.8, 4) is 0 Å². The zero-order valence-corrected chi connectivity index (χ0v) is 13.4. The third-order valence-corrected chi connectivity index (χ3v) is 4.58. The molecule has 2 N–H and O–H groups in total. The lowest BCUT2D eigenvalue weighted by atomic mass is 10.1. The first-order valence-corrected chi connectivity index (χ1v) is 8.59. The third-order valence-electron chi connectivity index (χ3n) is 4.58. The Morgan fingerprint density at radius 1 is 1.29 bits per heavy atom. The van der Waals surface area contributed by atoms with E-state index in [1.807, 2.05) is 0 Å². The molecule has 2 aliphatic rings. The topological polar surface area (TPSA) is 53.6 Å². The summed E-state index contributed by atoms with van der Waals surface area (Å²) in [5.41, 5.74) is 0. The summed E-state index contributed by atoms with van der Waals surface area (Å²) < 4.78 is 5.77. The van der Waals surface area contributed by atoms with Gasteiger partial charge >= 0.3 is 0 Å². The minimum absolute atomic E-state index is 0.118. The van der Waals surface area contributed by atoms with E-state index in [-0.39, 0.29) is 5.91 Å². The first-order chi connectivity index (χ1) is 10.3. The van der Waals surface area contributed by atoms with Crippen molar-refractivity contribution in [2.24, 2.45) is 0 Å². The molecule has 21 heavy (non-hydrogen) atoms. The molecule has 0 aromatic carbocycles. The number of carbonyl (C=O) groups excluding carboxylic acids is 1. The molecule has 0 radical (unpaired) electrons. The minimum Gasteiger partial charge on any atom is -0.378 e. The van der Waals surface area contributed by atoms with Crippen LogP contribution in [0.3, 0.4) is 0 Å². The van der Waals surface area contributed by atoms with E-state index < -0.39 is 0 Å². The molecule has 5 heteroatoms. The lowest BCUT2D eigenvalue weighted by Gasteiger charge is -2.32. The predicted octanol–water partition coefficient (Wildman–Crippen LogP) is 1.14. The van der Waals surface area contributed by atoms with Crippen LogP contribution >= 0.6 is 0 Å². The average molecular weight is 297 g/mol. The normalized spacial score (nSPS) is 22.9. The van der Waals surface area contributed by atoms with Crippen molar-refractivity contribution in [1.29, 1.82) is 0 Å². The van der Waals surface area contributed by atoms with Crippen molar-refractivity contribution in [2.45, 2.75) is 57.6 Å². The van der Waals surface area contributed by atoms with E-state index in [1.165, 1.54) is 32.4 Å². The Bertz CT molecular complexity index is 300. The van der Waals surface area contributed by atoms with Gasteiger partial charge in [0.05, 0.1) is 12.7 Å². The largest absolute Gasteiger partial charge is 0.378 e. The molecule has 1 atom stereocenters. The van der Waals surface area contributed by atoms with Gasteiger partial charge in [-0.1, -0.05) is 6.42 Å². The fourth-order valence-corrected chi connectivity index (χ4v) is 3.12. The first kappa shape index (κ1) is 16.7. The molecule has 0 saturated carbocycles. The van der Waals surface area contributed by atoms with E-state index in [0.29, 0.717) is 25.2 Å². The molecule has 5 nitrogen and oxygen atoms in total. The molecule has 0 aromatic heterocycles. The highest BCUT2D eigenvalue weighted by Crippen LogP contribution is 2.11. The number of hydrogen-bond acceptors (Lipinski definition) is 4. The van der Waals surface area contributed by atoms with Gasteiger partial charge in [-0.25, -0.2) is 0 Å². The Labute approximate surface area is 128 Å². The third kappa shape index (κ3) is 6.32. The van der Waals surface area contributed by atoms with Gasteiger partial charge in [0.1, 0.15) is 0 Å². The van der Waals surface area contributed by atoms with E-state index >= 15 is 0 Å². The molecule has 2 rings (SSSR count). The number of ether oxygens (including phenoxy) is 1. The van der Waals surface area contributed by atoms with Gasteiger partial charge in [0, 0.05) is 19.0 Å². The number of rotatable bonds is 7. The second-order valence-corrected chi connectivity index (χ2v) is 6.32. The van der Waals surface area contributed by atoms with Crippen LogP contribution in [0.25, 0.3) is 0 Å². The maximum absolute atomic E-state index is 11.8. The summed E-state index contributed by atoms with van der Waals surface area (Å²) >= 11 is 0. The molecule has 2 aliphatic heterocycles. The van der Waals surface area contributed by atoms with Gasteiger partial charge in [0.15, 0.2) is 0 Å². The Kier molecular flexibility index (Phi) is 7.47. The SMILES string of the molecule is CC(CNC(=O)CCOC1CCNCC1)N1CCCCC1. The molecule has 2 fully saturated rings. The lowest BCUT2D eigenvalue weighted by Crippen LogP contribution is -2.44. The van der Waals surface area contributed by atoms with Crippen LogP contribution in [0.4, 0.5) is 0 Å². The van der Waals surface area contributed by atoms with Crippen molar-refractivity contribution < 1.29 is 9.53 Å². The quantitative estimate of drug-likeness (QED) is 0.740. The van der Waals surface area contributed by atoms with Crippen LogP contribution in [-0.2, 0) is 9.53 Å². The van der Waals surface area contributed by atoms with Gasteiger partial charge in [-0.15, -0.1) is 0 Å². The molecule has 0 bridgehead atoms. The molecule has 122 valence electrons. The number of amides is 1. The smallest absolute Gasteiger partial charge is 0.222 e. The fraction of sp³-hybridized carbons (Fsp3) is 0.938. The molecule has 2 heterocycles. The zero-order chi connectivity index (χ0) is 14.9. The number of carbonyl (C=O) groups is 1. The number of nitrogens with zero attached hydrogens (tertiary/aromatic N) is 1. The molecular formula is C16H31N3O2. The molecule has 1 amide bonds. The maximum atomic E-state index is 11.8. The molecule has 0 spiro atoms. The zero-order valence-electron chi connectivity index (χ0n) is 13.4. The monoisotopic (exact) mass is 297 g/mol. The summed E-state index contributed by atoms with van der Waals surface area (Å²) in [7, 11) is 0. The van der Waals surface area contributed by atoms with E-state index in [0.717, 1.165) is 32.5 Å². The molecule has 0 aliphatic carbocycles. The Balaban J connectivity index is 1.52. The van der Waals surface area contributed by atoms with E-state index in [9.17, 15) is 4.79 Å². The molecule has 0 aromatic rings. The highest BCUT2D eigenvalue weighted by Gasteiger charge is 2.17. The summed E-state index contributed by atoms with van der Waals surface area (Å²) in [6.45, 7) is 7.93. The average Bonchev–Trinajstić information content (AvgIpc) is 2.54. The van der Waals surface area contributed by atoms with Gasteiger partial charge < -0.3 is 15.4 Å². The van der Waals surface area contributed by atoms with Gasteiger partial charge in [-0.05, 0) is 58.8 Å². The van der Waals surface area contributed by atoms with Crippen LogP contribution in [0.15, 0.2) is 0 Å². The predicted molar refractivity (Wildman–Crippen MR) is 84.4 cm³/mol. The van der Waals surface area contributed by atoms with Crippen LogP contribution in [0.2, 0.25) is 0 Å². The van der Waals surface area contributed by atoms with Crippen LogP contribution in [-0.4, -0.2) is 62.3 Å². The molecular weight excluding hydrogens is 266 g/mol. The summed E-state index contributed by atoms with van der Waals surface area (Å²) in [4.78, 5) is 14.3. The van der Waals surface area contributed by atoms with Gasteiger partial charge in [-0.2, -0.15) is 0 Å². The highest BCUT2D eigenvalue weighted by molar-refractivity contribution is 5.75. The van der Waals surface area contributed by atoms with Crippen molar-refractivity contribution in [3.05, 3.63) is 0 Å². The summed E-state index contributed by atoms with van der Waals surface area (Å²) in [6, 6.07) is 0.444. The van der Waals surface area contributed by atoms with E-state index in [4.69, 9.17) is 4.74 Å². The summed E-state index contributed by atoms with van der Waals surface area (Å²) in [6.07, 6.45) is 6.89. The van der Waals surface area contributed by atoms with Crippen LogP contribution in [0, 0.1) is 0 Å². The Morgan fingerprint density at radius 3 is 2.71 bits per heavy atom. The lowest BCUT2D eigenvalue weighted by molar-refractivity contribution is -0.123. The van der Waals surface area contributed by atoms with E-state index in [2.05, 4.69) is 22.5 Å². The van der Waals surface area contributed by atoms with Crippen molar-refractivity contribution in [2.75, 3.05) is 39.3 Å². The highest BCUT2D eigenvalue weighted by atomic mass is 16.5. The van der Waals surface area contributed by atoms with Gasteiger partial charge in [-0.3, -0.25) is 9.69 Å². The minimum atomic E-state index is 0.118. The molecule has 1 unspecified atom stereocenters. The number of piperidine rings is 2. The second-order valence-electron chi connectivity index (χ2n) is 6.32. The molecule has 2 saturated heterocycles. The van der Waals surface area contributed by atoms with Crippen molar-refractivity contribution in [3.63, 3.8) is 0 Å². The Morgan fingerprint density at radius 2 is 2.00 bits per heavy atom. The van der Waals surface area contributed by atoms with Crippen molar-refractivity contribution >= 4 is 5.91 Å². The number of likely N-dealkylation sites (tertiary alicyclic amines) is 1. The van der Waals surface area contributed by atoms with Crippen LogP contribution in [0.5, 0.6) is 0 Å². The summed E-state index contributed by atoms with van der Waals surface area (Å²) in [5.74, 6) is 0.118. The summed E-state index contributed by atoms with van der Waals surface area (Å²) in [5, 5.41) is 6.36. The number of nitrogens with one attached hydrogen (secondary N) is 2. The Hall–Kier alpha value is -0.650. The van der Waals surface area contributed by atoms with Gasteiger partial charge in [0.25, 0.3) is 0 Å². The van der Waals surface area contributed by atoms with E-state index in [1.54, 1.807) is 0 Å². The van der Waals surface area contributed by atoms with Gasteiger partial charge in [0.2, 0.25) is 5.91 Å². The standard InChI is InChI=1S/C16H31N3O2/c1-14(19-10-3-2-4-11-19)13-18-16(20)7-12-21-15-5-8-17-9-6-15/h14-15,17H,2-13H2,1H3,(H,18,20). The second kappa shape index (κ2) is 9.38.